The van der Waals surface area contributed by atoms with Crippen molar-refractivity contribution in [2.75, 3.05) is 46.7 Å². The largest absolute Gasteiger partial charge is 0.491 e. The van der Waals surface area contributed by atoms with Gasteiger partial charge in [-0.05, 0) is 62.2 Å². The standard InChI is InChI=1S/C28H34N2O7/c1-28(2,3)37-27(32)30-13-14-34-15-16-35-17-18-36-22-8-5-20(6-9-22)21-7-10-25-24(19-21)23(11-12-29-25)26(31)33-4/h5-12,19H,13-18H2,1-4H3,(H,30,32). The molecule has 0 aliphatic heterocycles. The van der Waals surface area contributed by atoms with Crippen molar-refractivity contribution in [1.82, 2.24) is 10.3 Å². The zero-order chi connectivity index (χ0) is 26.7. The third-order valence-corrected chi connectivity index (χ3v) is 5.12. The van der Waals surface area contributed by atoms with Crippen LogP contribution in [0.25, 0.3) is 22.0 Å². The van der Waals surface area contributed by atoms with Crippen molar-refractivity contribution >= 4 is 23.0 Å². The molecular weight excluding hydrogens is 476 g/mol. The Labute approximate surface area is 217 Å². The first-order valence-corrected chi connectivity index (χ1v) is 12.1. The number of benzene rings is 2. The molecule has 37 heavy (non-hydrogen) atoms. The number of esters is 1. The van der Waals surface area contributed by atoms with Crippen LogP contribution in [0.15, 0.2) is 54.7 Å². The topological polar surface area (TPSA) is 105 Å². The number of hydrogen-bond acceptors (Lipinski definition) is 8. The fourth-order valence-corrected chi connectivity index (χ4v) is 3.44. The normalized spacial score (nSPS) is 11.2. The Hall–Kier alpha value is -3.69. The van der Waals surface area contributed by atoms with Gasteiger partial charge in [-0.2, -0.15) is 0 Å². The van der Waals surface area contributed by atoms with Crippen molar-refractivity contribution in [1.29, 1.82) is 0 Å². The first kappa shape index (κ1) is 27.9. The van der Waals surface area contributed by atoms with E-state index in [0.29, 0.717) is 45.1 Å². The molecule has 0 atom stereocenters. The van der Waals surface area contributed by atoms with Crippen molar-refractivity contribution in [3.05, 3.63) is 60.3 Å². The Morgan fingerprint density at radius 3 is 2.24 bits per heavy atom. The van der Waals surface area contributed by atoms with E-state index in [1.165, 1.54) is 7.11 Å². The Morgan fingerprint density at radius 1 is 0.865 bits per heavy atom. The number of hydrogen-bond donors (Lipinski definition) is 1. The minimum absolute atomic E-state index is 0.372. The van der Waals surface area contributed by atoms with E-state index < -0.39 is 17.7 Å². The zero-order valence-corrected chi connectivity index (χ0v) is 21.7. The summed E-state index contributed by atoms with van der Waals surface area (Å²) >= 11 is 0. The minimum atomic E-state index is -0.518. The van der Waals surface area contributed by atoms with Crippen molar-refractivity contribution in [2.45, 2.75) is 26.4 Å². The average molecular weight is 511 g/mol. The number of fused-ring (bicyclic) bond motifs is 1. The molecule has 0 bridgehead atoms. The fraction of sp³-hybridized carbons (Fsp3) is 0.393. The number of nitrogens with one attached hydrogen (secondary N) is 1. The summed E-state index contributed by atoms with van der Waals surface area (Å²) in [6.07, 6.45) is 1.14. The van der Waals surface area contributed by atoms with Crippen LogP contribution in [0, 0.1) is 0 Å². The summed E-state index contributed by atoms with van der Waals surface area (Å²) in [5.41, 5.74) is 2.65. The van der Waals surface area contributed by atoms with E-state index in [2.05, 4.69) is 10.3 Å². The van der Waals surface area contributed by atoms with Crippen LogP contribution in [0.2, 0.25) is 0 Å². The molecule has 0 saturated heterocycles. The van der Waals surface area contributed by atoms with Crippen molar-refractivity contribution in [3.8, 4) is 16.9 Å². The van der Waals surface area contributed by atoms with Gasteiger partial charge in [-0.15, -0.1) is 0 Å². The van der Waals surface area contributed by atoms with E-state index in [0.717, 1.165) is 27.8 Å². The first-order valence-electron chi connectivity index (χ1n) is 12.1. The number of carbonyl (C=O) groups is 2. The van der Waals surface area contributed by atoms with Crippen LogP contribution in [0.3, 0.4) is 0 Å². The van der Waals surface area contributed by atoms with Gasteiger partial charge in [0.15, 0.2) is 0 Å². The Kier molecular flexibility index (Phi) is 10.2. The van der Waals surface area contributed by atoms with Gasteiger partial charge in [0.1, 0.15) is 18.0 Å². The lowest BCUT2D eigenvalue weighted by atomic mass is 10.0. The van der Waals surface area contributed by atoms with Crippen molar-refractivity contribution in [2.24, 2.45) is 0 Å². The summed E-state index contributed by atoms with van der Waals surface area (Å²) in [4.78, 5) is 28.0. The van der Waals surface area contributed by atoms with Crippen LogP contribution in [0.1, 0.15) is 31.1 Å². The van der Waals surface area contributed by atoms with E-state index in [1.54, 1.807) is 12.3 Å². The van der Waals surface area contributed by atoms with Gasteiger partial charge < -0.3 is 29.0 Å². The van der Waals surface area contributed by atoms with E-state index in [9.17, 15) is 9.59 Å². The second kappa shape index (κ2) is 13.6. The summed E-state index contributed by atoms with van der Waals surface area (Å²) in [6, 6.07) is 15.2. The predicted molar refractivity (Wildman–Crippen MR) is 140 cm³/mol. The maximum atomic E-state index is 12.1. The van der Waals surface area contributed by atoms with Gasteiger partial charge in [-0.3, -0.25) is 4.98 Å². The maximum Gasteiger partial charge on any atom is 0.407 e. The molecule has 0 aliphatic carbocycles. The van der Waals surface area contributed by atoms with Crippen LogP contribution in [0.5, 0.6) is 5.75 Å². The summed E-state index contributed by atoms with van der Waals surface area (Å²) in [7, 11) is 1.37. The predicted octanol–water partition coefficient (Wildman–Crippen LogP) is 4.63. The molecule has 1 aromatic heterocycles. The molecule has 0 fully saturated rings. The molecule has 0 radical (unpaired) electrons. The number of carbonyl (C=O) groups excluding carboxylic acids is 2. The van der Waals surface area contributed by atoms with Gasteiger partial charge in [0.05, 0.1) is 44.6 Å². The van der Waals surface area contributed by atoms with Gasteiger partial charge in [-0.1, -0.05) is 18.2 Å². The highest BCUT2D eigenvalue weighted by molar-refractivity contribution is 6.04. The lowest BCUT2D eigenvalue weighted by Crippen LogP contribution is -2.34. The molecule has 0 spiro atoms. The van der Waals surface area contributed by atoms with Crippen molar-refractivity contribution < 1.29 is 33.3 Å². The minimum Gasteiger partial charge on any atom is -0.491 e. The van der Waals surface area contributed by atoms with Crippen molar-refractivity contribution in [3.63, 3.8) is 0 Å². The van der Waals surface area contributed by atoms with Crippen LogP contribution < -0.4 is 10.1 Å². The highest BCUT2D eigenvalue weighted by Gasteiger charge is 2.15. The summed E-state index contributed by atoms with van der Waals surface area (Å²) in [6.45, 7) is 7.87. The zero-order valence-electron chi connectivity index (χ0n) is 21.7. The number of alkyl carbamates (subject to hydrolysis) is 1. The molecule has 9 nitrogen and oxygen atoms in total. The molecule has 0 unspecified atom stereocenters. The number of methoxy groups -OCH3 is 1. The van der Waals surface area contributed by atoms with Gasteiger partial charge in [0.2, 0.25) is 0 Å². The third kappa shape index (κ3) is 9.04. The highest BCUT2D eigenvalue weighted by atomic mass is 16.6. The summed E-state index contributed by atoms with van der Waals surface area (Å²) in [5.74, 6) is 0.340. The van der Waals surface area contributed by atoms with Crippen LogP contribution in [-0.4, -0.2) is 69.3 Å². The van der Waals surface area contributed by atoms with E-state index in [1.807, 2.05) is 63.2 Å². The SMILES string of the molecule is COC(=O)c1ccnc2ccc(-c3ccc(OCCOCCOCCNC(=O)OC(C)(C)C)cc3)cc12. The fourth-order valence-electron chi connectivity index (χ4n) is 3.44. The molecule has 3 rings (SSSR count). The molecule has 2 aromatic carbocycles. The van der Waals surface area contributed by atoms with Gasteiger partial charge in [-0.25, -0.2) is 9.59 Å². The monoisotopic (exact) mass is 510 g/mol. The number of ether oxygens (including phenoxy) is 5. The van der Waals surface area contributed by atoms with E-state index in [4.69, 9.17) is 23.7 Å². The molecular formula is C28H34N2O7. The van der Waals surface area contributed by atoms with Gasteiger partial charge in [0.25, 0.3) is 0 Å². The van der Waals surface area contributed by atoms with Crippen LogP contribution >= 0.6 is 0 Å². The summed E-state index contributed by atoms with van der Waals surface area (Å²) in [5, 5.41) is 3.37. The van der Waals surface area contributed by atoms with Crippen LogP contribution in [-0.2, 0) is 18.9 Å². The smallest absolute Gasteiger partial charge is 0.407 e. The number of aromatic nitrogens is 1. The molecule has 9 heteroatoms. The molecule has 1 heterocycles. The summed E-state index contributed by atoms with van der Waals surface area (Å²) < 4.78 is 26.7. The highest BCUT2D eigenvalue weighted by Crippen LogP contribution is 2.27. The molecule has 198 valence electrons. The lowest BCUT2D eigenvalue weighted by molar-refractivity contribution is 0.0327. The average Bonchev–Trinajstić information content (AvgIpc) is 2.88. The number of pyridine rings is 1. The Balaban J connectivity index is 1.36. The quantitative estimate of drug-likeness (QED) is 0.278. The molecule has 0 aliphatic rings. The molecule has 1 amide bonds. The molecule has 3 aromatic rings. The second-order valence-electron chi connectivity index (χ2n) is 9.11. The maximum absolute atomic E-state index is 12.1. The Morgan fingerprint density at radius 2 is 1.54 bits per heavy atom. The van der Waals surface area contributed by atoms with Gasteiger partial charge >= 0.3 is 12.1 Å². The first-order chi connectivity index (χ1) is 17.8. The third-order valence-electron chi connectivity index (χ3n) is 5.12. The van der Waals surface area contributed by atoms with E-state index >= 15 is 0 Å². The Bertz CT molecular complexity index is 1170. The van der Waals surface area contributed by atoms with E-state index in [-0.39, 0.29) is 0 Å². The lowest BCUT2D eigenvalue weighted by Gasteiger charge is -2.19. The van der Waals surface area contributed by atoms with Crippen LogP contribution in [0.4, 0.5) is 4.79 Å². The second-order valence-corrected chi connectivity index (χ2v) is 9.11. The molecule has 1 N–H and O–H groups in total. The number of amides is 1. The van der Waals surface area contributed by atoms with Gasteiger partial charge in [0, 0.05) is 18.1 Å². The number of nitrogens with zero attached hydrogens (tertiary/aromatic N) is 1. The number of rotatable bonds is 12. The molecule has 0 saturated carbocycles.